The quantitative estimate of drug-likeness (QED) is 0.860. The second-order valence-electron chi connectivity index (χ2n) is 3.70. The Morgan fingerprint density at radius 1 is 1.12 bits per heavy atom. The Kier molecular flexibility index (Phi) is 3.66. The average molecular weight is 226 g/mol. The van der Waals surface area contributed by atoms with Gasteiger partial charge in [0.05, 0.1) is 7.11 Å². The maximum atomic E-state index is 5.24. The minimum Gasteiger partial charge on any atom is -0.497 e. The van der Waals surface area contributed by atoms with Gasteiger partial charge in [0.25, 0.3) is 0 Å². The molecule has 0 aliphatic carbocycles. The lowest BCUT2D eigenvalue weighted by Crippen LogP contribution is -1.98. The van der Waals surface area contributed by atoms with E-state index < -0.39 is 0 Å². The predicted octanol–water partition coefficient (Wildman–Crippen LogP) is 3.61. The fraction of sp³-hybridized carbons (Fsp3) is 0.133. The van der Waals surface area contributed by atoms with Gasteiger partial charge in [-0.05, 0) is 30.7 Å². The zero-order valence-electron chi connectivity index (χ0n) is 9.94. The maximum absolute atomic E-state index is 5.24. The first-order valence-corrected chi connectivity index (χ1v) is 5.61. The molecule has 0 aliphatic rings. The lowest BCUT2D eigenvalue weighted by molar-refractivity contribution is 0.415. The molecule has 0 heterocycles. The molecule has 0 saturated carbocycles. The highest BCUT2D eigenvalue weighted by Crippen LogP contribution is 2.29. The molecule has 0 bridgehead atoms. The minimum absolute atomic E-state index is 0.668. The summed E-state index contributed by atoms with van der Waals surface area (Å²) in [7, 11) is 1.68. The van der Waals surface area contributed by atoms with E-state index in [1.165, 1.54) is 0 Å². The van der Waals surface area contributed by atoms with Crippen molar-refractivity contribution in [2.45, 2.75) is 0 Å². The Labute approximate surface area is 102 Å². The van der Waals surface area contributed by atoms with Crippen molar-refractivity contribution < 1.29 is 4.74 Å². The van der Waals surface area contributed by atoms with E-state index in [4.69, 9.17) is 4.74 Å². The van der Waals surface area contributed by atoms with Crippen LogP contribution in [-0.2, 0) is 0 Å². The third kappa shape index (κ3) is 2.59. The molecule has 2 heteroatoms. The Morgan fingerprint density at radius 2 is 1.94 bits per heavy atom. The van der Waals surface area contributed by atoms with Crippen LogP contribution in [0, 0.1) is 6.92 Å². The number of hydrogen-bond acceptors (Lipinski definition) is 2. The van der Waals surface area contributed by atoms with Crippen molar-refractivity contribution in [1.29, 1.82) is 0 Å². The van der Waals surface area contributed by atoms with Gasteiger partial charge in [-0.3, -0.25) is 0 Å². The highest BCUT2D eigenvalue weighted by atomic mass is 16.5. The van der Waals surface area contributed by atoms with Gasteiger partial charge in [0.1, 0.15) is 5.75 Å². The summed E-state index contributed by atoms with van der Waals surface area (Å²) in [6, 6.07) is 16.2. The molecule has 0 aromatic heterocycles. The number of rotatable bonds is 4. The van der Waals surface area contributed by atoms with E-state index in [1.807, 2.05) is 30.3 Å². The van der Waals surface area contributed by atoms with E-state index in [0.29, 0.717) is 6.54 Å². The second kappa shape index (κ2) is 5.39. The lowest BCUT2D eigenvalue weighted by Gasteiger charge is -2.11. The van der Waals surface area contributed by atoms with Gasteiger partial charge in [-0.2, -0.15) is 0 Å². The lowest BCUT2D eigenvalue weighted by atomic mass is 10.0. The Balaban J connectivity index is 2.44. The zero-order chi connectivity index (χ0) is 12.1. The van der Waals surface area contributed by atoms with Crippen LogP contribution in [0.15, 0.2) is 48.5 Å². The topological polar surface area (TPSA) is 21.3 Å². The molecule has 0 saturated heterocycles. The molecule has 0 spiro atoms. The standard InChI is InChI=1S/C15H16NO/c1-3-16-15-10-5-4-9-14(15)12-7-6-8-13(11-12)17-2/h4-11,16H,1,3H2,2H3. The van der Waals surface area contributed by atoms with Crippen LogP contribution in [0.25, 0.3) is 11.1 Å². The molecular formula is C15H16NO. The molecule has 1 N–H and O–H groups in total. The summed E-state index contributed by atoms with van der Waals surface area (Å²) in [6.45, 7) is 4.48. The van der Waals surface area contributed by atoms with E-state index in [1.54, 1.807) is 7.11 Å². The maximum Gasteiger partial charge on any atom is 0.119 e. The fourth-order valence-corrected chi connectivity index (χ4v) is 1.81. The van der Waals surface area contributed by atoms with Crippen LogP contribution in [0.5, 0.6) is 5.75 Å². The third-order valence-electron chi connectivity index (χ3n) is 2.62. The summed E-state index contributed by atoms with van der Waals surface area (Å²) in [5, 5.41) is 3.26. The number of ether oxygens (including phenoxy) is 1. The second-order valence-corrected chi connectivity index (χ2v) is 3.70. The molecule has 2 aromatic rings. The van der Waals surface area contributed by atoms with Crippen LogP contribution in [-0.4, -0.2) is 13.7 Å². The Bertz CT molecular complexity index is 494. The van der Waals surface area contributed by atoms with Crippen molar-refractivity contribution in [1.82, 2.24) is 0 Å². The Hall–Kier alpha value is -1.96. The largest absolute Gasteiger partial charge is 0.497 e. The minimum atomic E-state index is 0.668. The Morgan fingerprint density at radius 3 is 2.71 bits per heavy atom. The van der Waals surface area contributed by atoms with Gasteiger partial charge >= 0.3 is 0 Å². The molecule has 0 amide bonds. The van der Waals surface area contributed by atoms with Crippen LogP contribution in [0.1, 0.15) is 0 Å². The number of benzene rings is 2. The molecule has 0 atom stereocenters. The zero-order valence-corrected chi connectivity index (χ0v) is 9.94. The third-order valence-corrected chi connectivity index (χ3v) is 2.62. The van der Waals surface area contributed by atoms with Crippen molar-refractivity contribution in [2.24, 2.45) is 0 Å². The summed E-state index contributed by atoms with van der Waals surface area (Å²) in [5.41, 5.74) is 3.40. The van der Waals surface area contributed by atoms with E-state index in [2.05, 4.69) is 30.4 Å². The summed E-state index contributed by atoms with van der Waals surface area (Å²) in [6.07, 6.45) is 0. The summed E-state index contributed by atoms with van der Waals surface area (Å²) in [4.78, 5) is 0. The first kappa shape index (κ1) is 11.5. The molecule has 1 radical (unpaired) electrons. The summed E-state index contributed by atoms with van der Waals surface area (Å²) >= 11 is 0. The van der Waals surface area contributed by atoms with Gasteiger partial charge in [0.2, 0.25) is 0 Å². The number of para-hydroxylation sites is 1. The fourth-order valence-electron chi connectivity index (χ4n) is 1.81. The molecular weight excluding hydrogens is 210 g/mol. The normalized spacial score (nSPS) is 10.0. The van der Waals surface area contributed by atoms with Gasteiger partial charge in [0, 0.05) is 17.8 Å². The molecule has 87 valence electrons. The predicted molar refractivity (Wildman–Crippen MR) is 72.3 cm³/mol. The average Bonchev–Trinajstić information content (AvgIpc) is 2.40. The van der Waals surface area contributed by atoms with Crippen LogP contribution in [0.4, 0.5) is 5.69 Å². The highest BCUT2D eigenvalue weighted by Gasteiger charge is 2.04. The molecule has 0 fully saturated rings. The SMILES string of the molecule is [CH2]CNc1ccccc1-c1cccc(OC)c1. The summed E-state index contributed by atoms with van der Waals surface area (Å²) < 4.78 is 5.24. The van der Waals surface area contributed by atoms with Crippen molar-refractivity contribution in [2.75, 3.05) is 19.0 Å². The number of methoxy groups -OCH3 is 1. The molecule has 2 nitrogen and oxygen atoms in total. The van der Waals surface area contributed by atoms with E-state index >= 15 is 0 Å². The van der Waals surface area contributed by atoms with Crippen LogP contribution < -0.4 is 10.1 Å². The molecule has 0 unspecified atom stereocenters. The monoisotopic (exact) mass is 226 g/mol. The molecule has 0 aliphatic heterocycles. The smallest absolute Gasteiger partial charge is 0.119 e. The molecule has 2 aromatic carbocycles. The van der Waals surface area contributed by atoms with Gasteiger partial charge in [0.15, 0.2) is 0 Å². The first-order valence-electron chi connectivity index (χ1n) is 5.61. The number of hydrogen-bond donors (Lipinski definition) is 1. The molecule has 2 rings (SSSR count). The summed E-state index contributed by atoms with van der Waals surface area (Å²) in [5.74, 6) is 0.868. The highest BCUT2D eigenvalue weighted by molar-refractivity contribution is 5.78. The van der Waals surface area contributed by atoms with Gasteiger partial charge < -0.3 is 10.1 Å². The van der Waals surface area contributed by atoms with Crippen LogP contribution in [0.3, 0.4) is 0 Å². The van der Waals surface area contributed by atoms with E-state index in [9.17, 15) is 0 Å². The number of nitrogens with one attached hydrogen (secondary N) is 1. The number of anilines is 1. The van der Waals surface area contributed by atoms with Crippen molar-refractivity contribution in [3.05, 3.63) is 55.5 Å². The van der Waals surface area contributed by atoms with E-state index in [-0.39, 0.29) is 0 Å². The van der Waals surface area contributed by atoms with Gasteiger partial charge in [-0.1, -0.05) is 30.3 Å². The van der Waals surface area contributed by atoms with Crippen molar-refractivity contribution in [3.8, 4) is 16.9 Å². The van der Waals surface area contributed by atoms with Crippen molar-refractivity contribution in [3.63, 3.8) is 0 Å². The van der Waals surface area contributed by atoms with Crippen LogP contribution >= 0.6 is 0 Å². The van der Waals surface area contributed by atoms with E-state index in [0.717, 1.165) is 22.6 Å². The van der Waals surface area contributed by atoms with Crippen molar-refractivity contribution >= 4 is 5.69 Å². The van der Waals surface area contributed by atoms with Gasteiger partial charge in [-0.15, -0.1) is 0 Å². The first-order chi connectivity index (χ1) is 8.35. The van der Waals surface area contributed by atoms with Gasteiger partial charge in [-0.25, -0.2) is 0 Å². The molecule has 17 heavy (non-hydrogen) atoms. The van der Waals surface area contributed by atoms with Crippen LogP contribution in [0.2, 0.25) is 0 Å².